The summed E-state index contributed by atoms with van der Waals surface area (Å²) < 4.78 is 16.9. The Morgan fingerprint density at radius 1 is 1.28 bits per heavy atom. The van der Waals surface area contributed by atoms with Gasteiger partial charge in [0.2, 0.25) is 0 Å². The Morgan fingerprint density at radius 3 is 2.50 bits per heavy atom. The highest BCUT2D eigenvalue weighted by molar-refractivity contribution is 4.85. The van der Waals surface area contributed by atoms with E-state index in [4.69, 9.17) is 14.2 Å². The third-order valence-electron chi connectivity index (χ3n) is 3.62. The van der Waals surface area contributed by atoms with Gasteiger partial charge in [-0.25, -0.2) is 0 Å². The number of nitrogens with one attached hydrogen (secondary N) is 1. The first kappa shape index (κ1) is 15.9. The van der Waals surface area contributed by atoms with E-state index in [2.05, 4.69) is 19.2 Å². The minimum atomic E-state index is -0.129. The molecule has 0 saturated carbocycles. The van der Waals surface area contributed by atoms with Crippen molar-refractivity contribution in [1.82, 2.24) is 5.32 Å². The van der Waals surface area contributed by atoms with Gasteiger partial charge in [0.15, 0.2) is 6.29 Å². The Bertz CT molecular complexity index is 219. The molecule has 0 aromatic carbocycles. The largest absolute Gasteiger partial charge is 0.375 e. The van der Waals surface area contributed by atoms with Crippen LogP contribution >= 0.6 is 0 Å². The summed E-state index contributed by atoms with van der Waals surface area (Å²) in [6.07, 6.45) is 3.07. The predicted molar refractivity (Wildman–Crippen MR) is 72.7 cm³/mol. The van der Waals surface area contributed by atoms with Crippen LogP contribution in [-0.2, 0) is 14.2 Å². The highest BCUT2D eigenvalue weighted by Gasteiger charge is 2.31. The van der Waals surface area contributed by atoms with E-state index in [1.54, 1.807) is 0 Å². The average Bonchev–Trinajstić information content (AvgIpc) is 2.37. The SMILES string of the molecule is CCOC(CNC1CCOC(C)(CC)C1)OCC. The van der Waals surface area contributed by atoms with Crippen LogP contribution in [-0.4, -0.2) is 44.3 Å². The Hall–Kier alpha value is -0.160. The van der Waals surface area contributed by atoms with Crippen LogP contribution < -0.4 is 5.32 Å². The molecular formula is C14H29NO3. The maximum absolute atomic E-state index is 5.84. The van der Waals surface area contributed by atoms with Crippen molar-refractivity contribution < 1.29 is 14.2 Å². The fourth-order valence-corrected chi connectivity index (χ4v) is 2.35. The Kier molecular flexibility index (Phi) is 7.15. The van der Waals surface area contributed by atoms with E-state index in [1.807, 2.05) is 13.8 Å². The first-order chi connectivity index (χ1) is 8.63. The maximum atomic E-state index is 5.84. The van der Waals surface area contributed by atoms with Gasteiger partial charge in [0.1, 0.15) is 0 Å². The third-order valence-corrected chi connectivity index (χ3v) is 3.62. The van der Waals surface area contributed by atoms with Crippen molar-refractivity contribution in [3.8, 4) is 0 Å². The van der Waals surface area contributed by atoms with Gasteiger partial charge < -0.3 is 19.5 Å². The van der Waals surface area contributed by atoms with Crippen molar-refractivity contribution in [3.63, 3.8) is 0 Å². The van der Waals surface area contributed by atoms with Crippen LogP contribution in [0.25, 0.3) is 0 Å². The number of hydrogen-bond donors (Lipinski definition) is 1. The van der Waals surface area contributed by atoms with E-state index in [0.717, 1.165) is 32.4 Å². The lowest BCUT2D eigenvalue weighted by Crippen LogP contribution is -2.47. The predicted octanol–water partition coefficient (Wildman–Crippen LogP) is 2.32. The molecule has 1 saturated heterocycles. The molecule has 4 heteroatoms. The van der Waals surface area contributed by atoms with E-state index < -0.39 is 0 Å². The van der Waals surface area contributed by atoms with Gasteiger partial charge in [-0.05, 0) is 40.0 Å². The molecule has 0 aliphatic carbocycles. The molecule has 4 nitrogen and oxygen atoms in total. The second-order valence-electron chi connectivity index (χ2n) is 5.09. The quantitative estimate of drug-likeness (QED) is 0.679. The molecule has 108 valence electrons. The lowest BCUT2D eigenvalue weighted by atomic mass is 9.90. The third kappa shape index (κ3) is 5.22. The fraction of sp³-hybridized carbons (Fsp3) is 1.00. The molecule has 1 aliphatic heterocycles. The Labute approximate surface area is 111 Å². The summed E-state index contributed by atoms with van der Waals surface area (Å²) in [7, 11) is 0. The van der Waals surface area contributed by atoms with Crippen molar-refractivity contribution >= 4 is 0 Å². The zero-order valence-corrected chi connectivity index (χ0v) is 12.3. The molecule has 18 heavy (non-hydrogen) atoms. The molecule has 0 radical (unpaired) electrons. The van der Waals surface area contributed by atoms with Gasteiger partial charge in [0, 0.05) is 32.4 Å². The number of hydrogen-bond acceptors (Lipinski definition) is 4. The molecular weight excluding hydrogens is 230 g/mol. The second-order valence-corrected chi connectivity index (χ2v) is 5.09. The summed E-state index contributed by atoms with van der Waals surface area (Å²) in [6, 6.07) is 0.507. The molecule has 1 fully saturated rings. The molecule has 2 unspecified atom stereocenters. The van der Waals surface area contributed by atoms with Crippen LogP contribution in [0.4, 0.5) is 0 Å². The van der Waals surface area contributed by atoms with E-state index in [1.165, 1.54) is 0 Å². The van der Waals surface area contributed by atoms with E-state index in [0.29, 0.717) is 19.3 Å². The monoisotopic (exact) mass is 259 g/mol. The first-order valence-electron chi connectivity index (χ1n) is 7.24. The van der Waals surface area contributed by atoms with Crippen LogP contribution in [0.3, 0.4) is 0 Å². The zero-order chi connectivity index (χ0) is 13.4. The Morgan fingerprint density at radius 2 is 1.94 bits per heavy atom. The van der Waals surface area contributed by atoms with Crippen molar-refractivity contribution in [2.45, 2.75) is 64.9 Å². The fourth-order valence-electron chi connectivity index (χ4n) is 2.35. The van der Waals surface area contributed by atoms with Gasteiger partial charge in [-0.1, -0.05) is 6.92 Å². The summed E-state index contributed by atoms with van der Waals surface area (Å²) >= 11 is 0. The highest BCUT2D eigenvalue weighted by Crippen LogP contribution is 2.27. The zero-order valence-electron chi connectivity index (χ0n) is 12.3. The topological polar surface area (TPSA) is 39.7 Å². The summed E-state index contributed by atoms with van der Waals surface area (Å²) in [6.45, 7) is 11.3. The van der Waals surface area contributed by atoms with Crippen LogP contribution in [0.2, 0.25) is 0 Å². The lowest BCUT2D eigenvalue weighted by Gasteiger charge is -2.38. The van der Waals surface area contributed by atoms with Gasteiger partial charge in [-0.2, -0.15) is 0 Å². The van der Waals surface area contributed by atoms with Crippen LogP contribution in [0.1, 0.15) is 47.0 Å². The average molecular weight is 259 g/mol. The molecule has 1 rings (SSSR count). The summed E-state index contributed by atoms with van der Waals surface area (Å²) in [5.74, 6) is 0. The van der Waals surface area contributed by atoms with Crippen LogP contribution in [0.5, 0.6) is 0 Å². The van der Waals surface area contributed by atoms with Gasteiger partial charge >= 0.3 is 0 Å². The minimum absolute atomic E-state index is 0.0304. The molecule has 1 N–H and O–H groups in total. The smallest absolute Gasteiger partial charge is 0.169 e. The van der Waals surface area contributed by atoms with E-state index >= 15 is 0 Å². The number of ether oxygens (including phenoxy) is 3. The first-order valence-corrected chi connectivity index (χ1v) is 7.24. The highest BCUT2D eigenvalue weighted by atomic mass is 16.7. The molecule has 0 aromatic rings. The van der Waals surface area contributed by atoms with Gasteiger partial charge in [0.25, 0.3) is 0 Å². The molecule has 2 atom stereocenters. The number of rotatable bonds is 8. The standard InChI is InChI=1S/C14H29NO3/c1-5-14(4)10-12(8-9-18-14)15-11-13(16-6-2)17-7-3/h12-13,15H,5-11H2,1-4H3. The van der Waals surface area contributed by atoms with Crippen molar-refractivity contribution in [2.75, 3.05) is 26.4 Å². The minimum Gasteiger partial charge on any atom is -0.375 e. The summed E-state index contributed by atoms with van der Waals surface area (Å²) in [4.78, 5) is 0. The van der Waals surface area contributed by atoms with Crippen LogP contribution in [0, 0.1) is 0 Å². The molecule has 0 spiro atoms. The van der Waals surface area contributed by atoms with E-state index in [-0.39, 0.29) is 11.9 Å². The van der Waals surface area contributed by atoms with Gasteiger partial charge in [-0.15, -0.1) is 0 Å². The molecule has 1 heterocycles. The van der Waals surface area contributed by atoms with Crippen molar-refractivity contribution in [1.29, 1.82) is 0 Å². The van der Waals surface area contributed by atoms with Gasteiger partial charge in [-0.3, -0.25) is 0 Å². The van der Waals surface area contributed by atoms with Crippen molar-refractivity contribution in [3.05, 3.63) is 0 Å². The molecule has 0 aromatic heterocycles. The second kappa shape index (κ2) is 8.10. The summed E-state index contributed by atoms with van der Waals surface area (Å²) in [5, 5.41) is 3.55. The molecule has 1 aliphatic rings. The maximum Gasteiger partial charge on any atom is 0.169 e. The molecule has 0 amide bonds. The van der Waals surface area contributed by atoms with Crippen LogP contribution in [0.15, 0.2) is 0 Å². The molecule has 0 bridgehead atoms. The van der Waals surface area contributed by atoms with E-state index in [9.17, 15) is 0 Å². The lowest BCUT2D eigenvalue weighted by molar-refractivity contribution is -0.137. The van der Waals surface area contributed by atoms with Gasteiger partial charge in [0.05, 0.1) is 5.60 Å². The van der Waals surface area contributed by atoms with Crippen molar-refractivity contribution in [2.24, 2.45) is 0 Å². The Balaban J connectivity index is 2.32. The summed E-state index contributed by atoms with van der Waals surface area (Å²) in [5.41, 5.74) is 0.0304. The normalized spacial score (nSPS) is 28.8.